The van der Waals surface area contributed by atoms with Crippen molar-refractivity contribution in [3.8, 4) is 0 Å². The summed E-state index contributed by atoms with van der Waals surface area (Å²) >= 11 is 0. The Kier molecular flexibility index (Phi) is 1.77. The maximum Gasteiger partial charge on any atom is 0.415 e. The lowest BCUT2D eigenvalue weighted by atomic mass is 9.96. The van der Waals surface area contributed by atoms with Crippen LogP contribution in [-0.2, 0) is 15.1 Å². The highest BCUT2D eigenvalue weighted by atomic mass is 16.6. The maximum atomic E-state index is 11.4. The van der Waals surface area contributed by atoms with Crippen molar-refractivity contribution >= 4 is 12.0 Å². The zero-order chi connectivity index (χ0) is 10.2. The summed E-state index contributed by atoms with van der Waals surface area (Å²) in [7, 11) is 0. The fraction of sp³-hybridized carbons (Fsp3) is 0.200. The minimum Gasteiger partial charge on any atom is -0.428 e. The van der Waals surface area contributed by atoms with Gasteiger partial charge < -0.3 is 4.74 Å². The van der Waals surface area contributed by atoms with Crippen molar-refractivity contribution in [1.82, 2.24) is 5.32 Å². The summed E-state index contributed by atoms with van der Waals surface area (Å²) in [5.41, 5.74) is -0.512. The van der Waals surface area contributed by atoms with E-state index in [4.69, 9.17) is 4.74 Å². The van der Waals surface area contributed by atoms with E-state index < -0.39 is 17.6 Å². The quantitative estimate of drug-likeness (QED) is 0.724. The van der Waals surface area contributed by atoms with Crippen molar-refractivity contribution in [3.05, 3.63) is 35.9 Å². The van der Waals surface area contributed by atoms with Crippen LogP contribution in [0, 0.1) is 0 Å². The van der Waals surface area contributed by atoms with Gasteiger partial charge in [-0.1, -0.05) is 30.3 Å². The van der Waals surface area contributed by atoms with E-state index in [0.29, 0.717) is 5.56 Å². The Morgan fingerprint density at radius 1 is 1.21 bits per heavy atom. The highest BCUT2D eigenvalue weighted by Crippen LogP contribution is 2.28. The van der Waals surface area contributed by atoms with Crippen LogP contribution in [0.2, 0.25) is 0 Å². The Morgan fingerprint density at radius 3 is 2.36 bits per heavy atom. The normalized spacial score (nSPS) is 25.8. The molecule has 1 aromatic rings. The largest absolute Gasteiger partial charge is 0.428 e. The van der Waals surface area contributed by atoms with Crippen molar-refractivity contribution in [1.29, 1.82) is 0 Å². The van der Waals surface area contributed by atoms with Crippen LogP contribution < -0.4 is 5.32 Å². The highest BCUT2D eigenvalue weighted by molar-refractivity contribution is 6.03. The molecule has 0 saturated carbocycles. The number of benzene rings is 1. The molecule has 2 amide bonds. The lowest BCUT2D eigenvalue weighted by molar-refractivity contribution is -0.130. The number of nitrogens with one attached hydrogen (secondary N) is 1. The lowest BCUT2D eigenvalue weighted by Gasteiger charge is -2.18. The first-order valence-corrected chi connectivity index (χ1v) is 4.23. The van der Waals surface area contributed by atoms with Crippen LogP contribution in [0.15, 0.2) is 30.3 Å². The molecule has 1 N–H and O–H groups in total. The van der Waals surface area contributed by atoms with Crippen LogP contribution in [-0.4, -0.2) is 12.0 Å². The van der Waals surface area contributed by atoms with Crippen molar-refractivity contribution < 1.29 is 14.3 Å². The van der Waals surface area contributed by atoms with Gasteiger partial charge in [-0.05, 0) is 6.92 Å². The first-order chi connectivity index (χ1) is 6.63. The molecule has 0 aliphatic carbocycles. The number of carbonyl (C=O) groups is 2. The van der Waals surface area contributed by atoms with E-state index in [1.807, 2.05) is 6.07 Å². The number of hydrogen-bond donors (Lipinski definition) is 1. The molecule has 1 aliphatic heterocycles. The third-order valence-corrected chi connectivity index (χ3v) is 2.27. The second kappa shape index (κ2) is 2.83. The molecule has 1 aromatic carbocycles. The summed E-state index contributed by atoms with van der Waals surface area (Å²) in [6.07, 6.45) is -0.693. The van der Waals surface area contributed by atoms with E-state index in [-0.39, 0.29) is 0 Å². The van der Waals surface area contributed by atoms with Gasteiger partial charge in [0.15, 0.2) is 0 Å². The van der Waals surface area contributed by atoms with Gasteiger partial charge in [0.25, 0.3) is 5.91 Å². The van der Waals surface area contributed by atoms with Crippen LogP contribution in [0.1, 0.15) is 12.5 Å². The van der Waals surface area contributed by atoms with Gasteiger partial charge >= 0.3 is 6.09 Å². The average molecular weight is 191 g/mol. The van der Waals surface area contributed by atoms with Crippen molar-refractivity contribution in [2.45, 2.75) is 12.5 Å². The van der Waals surface area contributed by atoms with Gasteiger partial charge in [0.05, 0.1) is 0 Å². The van der Waals surface area contributed by atoms with Crippen LogP contribution >= 0.6 is 0 Å². The SMILES string of the molecule is C[C@]1(c2ccccc2)OC(=O)NC1=O. The topological polar surface area (TPSA) is 55.4 Å². The molecule has 14 heavy (non-hydrogen) atoms. The number of imide groups is 1. The second-order valence-electron chi connectivity index (χ2n) is 3.24. The fourth-order valence-electron chi connectivity index (χ4n) is 1.42. The van der Waals surface area contributed by atoms with E-state index in [9.17, 15) is 9.59 Å². The Bertz CT molecular complexity index is 388. The summed E-state index contributed by atoms with van der Waals surface area (Å²) < 4.78 is 4.95. The van der Waals surface area contributed by atoms with E-state index >= 15 is 0 Å². The zero-order valence-corrected chi connectivity index (χ0v) is 7.61. The van der Waals surface area contributed by atoms with Crippen molar-refractivity contribution in [2.75, 3.05) is 0 Å². The number of amides is 2. The Labute approximate surface area is 80.9 Å². The Morgan fingerprint density at radius 2 is 1.86 bits per heavy atom. The van der Waals surface area contributed by atoms with Gasteiger partial charge in [0.1, 0.15) is 0 Å². The van der Waals surface area contributed by atoms with Crippen LogP contribution in [0.4, 0.5) is 4.79 Å². The summed E-state index contributed by atoms with van der Waals surface area (Å²) in [4.78, 5) is 22.3. The molecule has 1 atom stereocenters. The standard InChI is InChI=1S/C10H9NO3/c1-10(7-5-3-2-4-6-7)8(12)11-9(13)14-10/h2-6H,1H3,(H,11,12,13)/t10-/m1/s1. The first-order valence-electron chi connectivity index (χ1n) is 4.23. The second-order valence-corrected chi connectivity index (χ2v) is 3.24. The summed E-state index contributed by atoms with van der Waals surface area (Å²) in [6, 6.07) is 8.91. The number of carbonyl (C=O) groups excluding carboxylic acids is 2. The molecule has 1 heterocycles. The molecular weight excluding hydrogens is 182 g/mol. The van der Waals surface area contributed by atoms with Crippen molar-refractivity contribution in [2.24, 2.45) is 0 Å². The van der Waals surface area contributed by atoms with Gasteiger partial charge in [0.2, 0.25) is 5.60 Å². The lowest BCUT2D eigenvalue weighted by Crippen LogP contribution is -2.33. The summed E-state index contributed by atoms with van der Waals surface area (Å²) in [6.45, 7) is 1.57. The average Bonchev–Trinajstić information content (AvgIpc) is 2.43. The molecule has 0 bridgehead atoms. The maximum absolute atomic E-state index is 11.4. The van der Waals surface area contributed by atoms with E-state index in [1.165, 1.54) is 0 Å². The summed E-state index contributed by atoms with van der Waals surface area (Å²) in [5.74, 6) is -0.422. The third kappa shape index (κ3) is 1.16. The van der Waals surface area contributed by atoms with Crippen molar-refractivity contribution in [3.63, 3.8) is 0 Å². The molecule has 4 heteroatoms. The highest BCUT2D eigenvalue weighted by Gasteiger charge is 2.46. The Hall–Kier alpha value is -1.84. The van der Waals surface area contributed by atoms with Crippen LogP contribution in [0.25, 0.3) is 0 Å². The predicted octanol–water partition coefficient (Wildman–Crippen LogP) is 1.17. The molecule has 0 spiro atoms. The fourth-order valence-corrected chi connectivity index (χ4v) is 1.42. The number of alkyl carbamates (subject to hydrolysis) is 1. The minimum atomic E-state index is -1.18. The van der Waals surface area contributed by atoms with Gasteiger partial charge in [0, 0.05) is 5.56 Å². The molecule has 0 radical (unpaired) electrons. The van der Waals surface area contributed by atoms with Gasteiger partial charge in [-0.2, -0.15) is 0 Å². The molecule has 1 saturated heterocycles. The molecule has 0 aromatic heterocycles. The molecule has 1 fully saturated rings. The molecular formula is C10H9NO3. The van der Waals surface area contributed by atoms with Gasteiger partial charge in [-0.3, -0.25) is 10.1 Å². The molecule has 72 valence electrons. The van der Waals surface area contributed by atoms with Gasteiger partial charge in [-0.15, -0.1) is 0 Å². The predicted molar refractivity (Wildman–Crippen MR) is 48.4 cm³/mol. The molecule has 1 aliphatic rings. The minimum absolute atomic E-state index is 0.422. The number of hydrogen-bond acceptors (Lipinski definition) is 3. The molecule has 0 unspecified atom stereocenters. The third-order valence-electron chi connectivity index (χ3n) is 2.27. The van der Waals surface area contributed by atoms with E-state index in [1.54, 1.807) is 31.2 Å². The molecule has 4 nitrogen and oxygen atoms in total. The smallest absolute Gasteiger partial charge is 0.415 e. The number of cyclic esters (lactones) is 1. The van der Waals surface area contributed by atoms with E-state index in [2.05, 4.69) is 5.32 Å². The number of rotatable bonds is 1. The van der Waals surface area contributed by atoms with Gasteiger partial charge in [-0.25, -0.2) is 4.79 Å². The Balaban J connectivity index is 2.43. The molecule has 2 rings (SSSR count). The monoisotopic (exact) mass is 191 g/mol. The zero-order valence-electron chi connectivity index (χ0n) is 7.61. The number of ether oxygens (including phenoxy) is 1. The van der Waals surface area contributed by atoms with Crippen LogP contribution in [0.3, 0.4) is 0 Å². The summed E-state index contributed by atoms with van der Waals surface area (Å²) in [5, 5.41) is 2.11. The van der Waals surface area contributed by atoms with E-state index in [0.717, 1.165) is 0 Å². The first kappa shape index (κ1) is 8.74. The van der Waals surface area contributed by atoms with Crippen LogP contribution in [0.5, 0.6) is 0 Å².